The van der Waals surface area contributed by atoms with E-state index in [-0.39, 0.29) is 23.0 Å². The highest BCUT2D eigenvalue weighted by Crippen LogP contribution is 2.34. The van der Waals surface area contributed by atoms with E-state index in [1.165, 1.54) is 48.7 Å². The predicted octanol–water partition coefficient (Wildman–Crippen LogP) is 5.02. The van der Waals surface area contributed by atoms with E-state index in [0.717, 1.165) is 36.7 Å². The van der Waals surface area contributed by atoms with Crippen molar-refractivity contribution in [3.8, 4) is 5.69 Å². The average Bonchev–Trinajstić information content (AvgIpc) is 3.49. The van der Waals surface area contributed by atoms with Crippen molar-refractivity contribution in [1.29, 1.82) is 0 Å². The first-order valence-corrected chi connectivity index (χ1v) is 12.9. The monoisotopic (exact) mass is 479 g/mol. The average molecular weight is 480 g/mol. The van der Waals surface area contributed by atoms with Crippen molar-refractivity contribution in [1.82, 2.24) is 19.7 Å². The second-order valence-electron chi connectivity index (χ2n) is 9.05. The van der Waals surface area contributed by atoms with Crippen LogP contribution in [0.2, 0.25) is 0 Å². The minimum Gasteiger partial charge on any atom is -0.311 e. The summed E-state index contributed by atoms with van der Waals surface area (Å²) in [6.07, 6.45) is 4.50. The van der Waals surface area contributed by atoms with Gasteiger partial charge in [-0.15, -0.1) is 10.2 Å². The van der Waals surface area contributed by atoms with Gasteiger partial charge in [0.2, 0.25) is 5.91 Å². The molecular formula is C26H30FN5OS. The van der Waals surface area contributed by atoms with Crippen LogP contribution in [0.25, 0.3) is 5.69 Å². The van der Waals surface area contributed by atoms with Gasteiger partial charge >= 0.3 is 0 Å². The number of likely N-dealkylation sites (tertiary alicyclic amines) is 1. The largest absolute Gasteiger partial charge is 0.311 e. The van der Waals surface area contributed by atoms with Gasteiger partial charge in [0.25, 0.3) is 0 Å². The number of thioether (sulfide) groups is 1. The Morgan fingerprint density at radius 3 is 2.47 bits per heavy atom. The topological polar surface area (TPSA) is 54.3 Å². The van der Waals surface area contributed by atoms with Crippen LogP contribution >= 0.6 is 11.8 Å². The molecule has 2 atom stereocenters. The molecule has 6 nitrogen and oxygen atoms in total. The fourth-order valence-corrected chi connectivity index (χ4v) is 5.86. The summed E-state index contributed by atoms with van der Waals surface area (Å²) >= 11 is 1.41. The number of halogens is 1. The first kappa shape index (κ1) is 23.1. The number of amides is 1. The molecule has 8 heteroatoms. The normalized spacial score (nSPS) is 18.0. The first-order valence-electron chi connectivity index (χ1n) is 12.0. The van der Waals surface area contributed by atoms with E-state index >= 15 is 0 Å². The Labute approximate surface area is 204 Å². The molecule has 0 aliphatic carbocycles. The third-order valence-electron chi connectivity index (χ3n) is 6.84. The summed E-state index contributed by atoms with van der Waals surface area (Å²) < 4.78 is 15.7. The van der Waals surface area contributed by atoms with Gasteiger partial charge in [-0.25, -0.2) is 4.39 Å². The molecule has 2 aromatic carbocycles. The fraction of sp³-hybridized carbons (Fsp3) is 0.423. The summed E-state index contributed by atoms with van der Waals surface area (Å²) in [5, 5.41) is 9.39. The maximum absolute atomic E-state index is 13.7. The molecule has 2 aliphatic rings. The number of anilines is 1. The maximum atomic E-state index is 13.7. The third-order valence-corrected chi connectivity index (χ3v) is 7.87. The molecule has 0 radical (unpaired) electrons. The maximum Gasteiger partial charge on any atom is 0.240 e. The van der Waals surface area contributed by atoms with Crippen molar-refractivity contribution in [2.75, 3.05) is 24.5 Å². The van der Waals surface area contributed by atoms with Gasteiger partial charge in [-0.1, -0.05) is 36.4 Å². The summed E-state index contributed by atoms with van der Waals surface area (Å²) in [6.45, 7) is 6.84. The van der Waals surface area contributed by atoms with Gasteiger partial charge in [-0.05, 0) is 82.1 Å². The lowest BCUT2D eigenvalue weighted by molar-refractivity contribution is -0.117. The Balaban J connectivity index is 1.43. The van der Waals surface area contributed by atoms with E-state index in [2.05, 4.69) is 28.1 Å². The van der Waals surface area contributed by atoms with E-state index in [1.807, 2.05) is 34.6 Å². The van der Waals surface area contributed by atoms with Gasteiger partial charge < -0.3 is 4.90 Å². The highest BCUT2D eigenvalue weighted by Gasteiger charge is 2.31. The molecule has 1 aromatic heterocycles. The summed E-state index contributed by atoms with van der Waals surface area (Å²) in [5.74, 6) is 0.601. The quantitative estimate of drug-likeness (QED) is 0.465. The number of fused-ring (bicyclic) bond motifs is 1. The number of carbonyl (C=O) groups excluding carboxylic acids is 1. The Bertz CT molecular complexity index is 1160. The van der Waals surface area contributed by atoms with Crippen LogP contribution in [0.15, 0.2) is 53.7 Å². The molecule has 1 saturated heterocycles. The molecule has 1 fully saturated rings. The second kappa shape index (κ2) is 9.88. The van der Waals surface area contributed by atoms with Gasteiger partial charge in [0.05, 0.1) is 11.3 Å². The summed E-state index contributed by atoms with van der Waals surface area (Å²) in [6, 6.07) is 14.6. The second-order valence-corrected chi connectivity index (χ2v) is 10.4. The summed E-state index contributed by atoms with van der Waals surface area (Å²) in [4.78, 5) is 17.7. The molecule has 1 amide bonds. The molecule has 0 N–H and O–H groups in total. The lowest BCUT2D eigenvalue weighted by atomic mass is 10.1. The molecule has 0 saturated carbocycles. The lowest BCUT2D eigenvalue weighted by Gasteiger charge is -2.32. The Hall–Kier alpha value is -2.71. The van der Waals surface area contributed by atoms with Crippen LogP contribution in [0.5, 0.6) is 0 Å². The van der Waals surface area contributed by atoms with E-state index in [0.29, 0.717) is 11.7 Å². The summed E-state index contributed by atoms with van der Waals surface area (Å²) in [5.41, 5.74) is 3.01. The molecular weight excluding hydrogens is 449 g/mol. The van der Waals surface area contributed by atoms with Crippen LogP contribution in [0.1, 0.15) is 50.5 Å². The van der Waals surface area contributed by atoms with E-state index < -0.39 is 0 Å². The van der Waals surface area contributed by atoms with Crippen molar-refractivity contribution < 1.29 is 9.18 Å². The van der Waals surface area contributed by atoms with E-state index in [1.54, 1.807) is 12.1 Å². The molecule has 34 heavy (non-hydrogen) atoms. The van der Waals surface area contributed by atoms with Crippen molar-refractivity contribution >= 4 is 23.4 Å². The minimum atomic E-state index is -0.340. The molecule has 3 heterocycles. The molecule has 2 unspecified atom stereocenters. The van der Waals surface area contributed by atoms with Gasteiger partial charge in [0.1, 0.15) is 5.82 Å². The van der Waals surface area contributed by atoms with Gasteiger partial charge in [0.15, 0.2) is 11.0 Å². The number of aromatic nitrogens is 3. The van der Waals surface area contributed by atoms with Crippen LogP contribution < -0.4 is 4.90 Å². The van der Waals surface area contributed by atoms with Gasteiger partial charge in [0, 0.05) is 17.9 Å². The fourth-order valence-electron chi connectivity index (χ4n) is 4.93. The number of carbonyl (C=O) groups is 1. The minimum absolute atomic E-state index is 0.0641. The molecule has 3 aromatic rings. The number of benzene rings is 2. The zero-order valence-electron chi connectivity index (χ0n) is 19.7. The van der Waals surface area contributed by atoms with E-state index in [4.69, 9.17) is 0 Å². The van der Waals surface area contributed by atoms with E-state index in [9.17, 15) is 9.18 Å². The van der Waals surface area contributed by atoms with Crippen molar-refractivity contribution in [3.63, 3.8) is 0 Å². The highest BCUT2D eigenvalue weighted by molar-refractivity contribution is 8.00. The zero-order chi connectivity index (χ0) is 23.7. The molecule has 0 bridgehead atoms. The number of nitrogens with zero attached hydrogens (tertiary/aromatic N) is 5. The Morgan fingerprint density at radius 1 is 0.971 bits per heavy atom. The van der Waals surface area contributed by atoms with Crippen LogP contribution in [0.3, 0.4) is 0 Å². The Kier molecular flexibility index (Phi) is 6.70. The van der Waals surface area contributed by atoms with Gasteiger partial charge in [-0.2, -0.15) is 0 Å². The van der Waals surface area contributed by atoms with Gasteiger partial charge in [-0.3, -0.25) is 14.3 Å². The molecule has 5 rings (SSSR count). The van der Waals surface area contributed by atoms with Crippen LogP contribution in [0, 0.1) is 5.82 Å². The summed E-state index contributed by atoms with van der Waals surface area (Å²) in [7, 11) is 0. The Morgan fingerprint density at radius 2 is 1.71 bits per heavy atom. The SMILES string of the molecule is CC(Sc1nnc(C(C)N2CCCCC2)n1-c1ccc(F)cc1)C(=O)N1CCc2ccccc21. The molecule has 0 spiro atoms. The number of para-hydroxylation sites is 1. The lowest BCUT2D eigenvalue weighted by Crippen LogP contribution is -2.35. The number of hydrogen-bond donors (Lipinski definition) is 0. The number of piperidine rings is 1. The van der Waals surface area contributed by atoms with Crippen molar-refractivity contribution in [2.24, 2.45) is 0 Å². The smallest absolute Gasteiger partial charge is 0.240 e. The predicted molar refractivity (Wildman–Crippen MR) is 133 cm³/mol. The number of rotatable bonds is 6. The first-order chi connectivity index (χ1) is 16.5. The van der Waals surface area contributed by atoms with Crippen molar-refractivity contribution in [2.45, 2.75) is 56.0 Å². The molecule has 2 aliphatic heterocycles. The molecule has 178 valence electrons. The van der Waals surface area contributed by atoms with Crippen LogP contribution in [-0.2, 0) is 11.2 Å². The van der Waals surface area contributed by atoms with Crippen LogP contribution in [-0.4, -0.2) is 50.5 Å². The van der Waals surface area contributed by atoms with Crippen molar-refractivity contribution in [3.05, 3.63) is 65.7 Å². The van der Waals surface area contributed by atoms with Crippen LogP contribution in [0.4, 0.5) is 10.1 Å². The third kappa shape index (κ3) is 4.49. The standard InChI is InChI=1S/C26H30FN5OS/c1-18(30-15-6-3-7-16-30)24-28-29-26(32(24)22-12-10-21(27)11-13-22)34-19(2)25(33)31-17-14-20-8-4-5-9-23(20)31/h4-5,8-13,18-19H,3,6-7,14-17H2,1-2H3. The number of hydrogen-bond acceptors (Lipinski definition) is 5. The highest BCUT2D eigenvalue weighted by atomic mass is 32.2. The zero-order valence-corrected chi connectivity index (χ0v) is 20.5.